The average molecular weight is 618 g/mol. The Balaban J connectivity index is 1.13. The number of allylic oxidation sites excluding steroid dienone is 1. The van der Waals surface area contributed by atoms with Crippen molar-refractivity contribution in [3.8, 4) is 5.75 Å². The lowest BCUT2D eigenvalue weighted by Crippen LogP contribution is -2.38. The predicted molar refractivity (Wildman–Crippen MR) is 152 cm³/mol. The van der Waals surface area contributed by atoms with E-state index in [1.165, 1.54) is 12.1 Å². The molecule has 0 bridgehead atoms. The number of hydrogen-bond donors (Lipinski definition) is 3. The van der Waals surface area contributed by atoms with Crippen molar-refractivity contribution in [2.45, 2.75) is 74.7 Å². The molecule has 1 saturated heterocycles. The molecular weight excluding hydrogens is 575 g/mol. The van der Waals surface area contributed by atoms with E-state index in [-0.39, 0.29) is 41.8 Å². The third kappa shape index (κ3) is 9.85. The number of alkyl halides is 3. The van der Waals surface area contributed by atoms with Crippen LogP contribution < -0.4 is 4.74 Å². The molecule has 6 atom stereocenters. The fraction of sp³-hybridized carbons (Fsp3) is 0.700. The maximum absolute atomic E-state index is 12.9. The Morgan fingerprint density at radius 3 is 2.60 bits per heavy atom. The number of aliphatic hydroxyl groups is 3. The van der Waals surface area contributed by atoms with Gasteiger partial charge in [-0.25, -0.2) is 4.79 Å². The Hall–Kier alpha value is -1.83. The Bertz CT molecular complexity index is 1040. The fourth-order valence-electron chi connectivity index (χ4n) is 5.97. The van der Waals surface area contributed by atoms with Gasteiger partial charge in [0.25, 0.3) is 0 Å². The quantitative estimate of drug-likeness (QED) is 0.267. The molecule has 12 heteroatoms. The van der Waals surface area contributed by atoms with Crippen LogP contribution in [-0.2, 0) is 20.4 Å². The number of nitrogens with zero attached hydrogens (tertiary/aromatic N) is 1. The van der Waals surface area contributed by atoms with Crippen LogP contribution in [0.15, 0.2) is 35.2 Å². The third-order valence-corrected chi connectivity index (χ3v) is 9.68. The molecule has 2 aliphatic heterocycles. The zero-order valence-electron chi connectivity index (χ0n) is 23.7. The second-order valence-corrected chi connectivity index (χ2v) is 12.7. The van der Waals surface area contributed by atoms with Gasteiger partial charge in [0.15, 0.2) is 0 Å². The van der Waals surface area contributed by atoms with Gasteiger partial charge in [0.1, 0.15) is 19.0 Å². The van der Waals surface area contributed by atoms with Gasteiger partial charge in [-0.1, -0.05) is 18.6 Å². The molecule has 2 fully saturated rings. The lowest BCUT2D eigenvalue weighted by atomic mass is 9.85. The van der Waals surface area contributed by atoms with Crippen molar-refractivity contribution in [2.75, 3.05) is 46.1 Å². The molecule has 236 valence electrons. The SMILES string of the molecule is O=C(OCCN1CCOCC1)C1=CCC(CCC[C@H]2[C@@H](CC[C@@H](O)COc3cccc(C(F)(F)F)c3)[C@H](O)C[C@@H]2O)S1. The van der Waals surface area contributed by atoms with Gasteiger partial charge in [0.05, 0.1) is 42.0 Å². The number of ether oxygens (including phenoxy) is 3. The van der Waals surface area contributed by atoms with Gasteiger partial charge >= 0.3 is 12.1 Å². The maximum Gasteiger partial charge on any atom is 0.416 e. The molecule has 1 unspecified atom stereocenters. The molecule has 1 aromatic rings. The summed E-state index contributed by atoms with van der Waals surface area (Å²) in [6, 6.07) is 4.52. The molecule has 0 radical (unpaired) electrons. The van der Waals surface area contributed by atoms with Crippen LogP contribution in [0.5, 0.6) is 5.75 Å². The van der Waals surface area contributed by atoms with Crippen molar-refractivity contribution in [1.29, 1.82) is 0 Å². The largest absolute Gasteiger partial charge is 0.491 e. The predicted octanol–water partition coefficient (Wildman–Crippen LogP) is 4.02. The molecule has 1 aliphatic carbocycles. The Labute approximate surface area is 249 Å². The minimum absolute atomic E-state index is 0.0294. The summed E-state index contributed by atoms with van der Waals surface area (Å²) in [7, 11) is 0. The Morgan fingerprint density at radius 1 is 1.12 bits per heavy atom. The highest BCUT2D eigenvalue weighted by atomic mass is 32.2. The highest BCUT2D eigenvalue weighted by Gasteiger charge is 2.41. The first-order valence-electron chi connectivity index (χ1n) is 14.8. The molecular formula is C30H42F3NO7S. The van der Waals surface area contributed by atoms with Crippen molar-refractivity contribution in [3.63, 3.8) is 0 Å². The zero-order valence-corrected chi connectivity index (χ0v) is 24.5. The van der Waals surface area contributed by atoms with E-state index in [0.29, 0.717) is 44.1 Å². The maximum atomic E-state index is 12.9. The van der Waals surface area contributed by atoms with E-state index in [1.54, 1.807) is 11.8 Å². The fourth-order valence-corrected chi connectivity index (χ4v) is 7.15. The minimum atomic E-state index is -4.48. The van der Waals surface area contributed by atoms with Crippen molar-refractivity contribution < 1.29 is 47.5 Å². The van der Waals surface area contributed by atoms with Gasteiger partial charge in [-0.3, -0.25) is 4.90 Å². The first-order chi connectivity index (χ1) is 20.1. The first kappa shape index (κ1) is 33.1. The van der Waals surface area contributed by atoms with E-state index in [9.17, 15) is 33.3 Å². The van der Waals surface area contributed by atoms with Gasteiger partial charge in [0.2, 0.25) is 0 Å². The van der Waals surface area contributed by atoms with Crippen molar-refractivity contribution in [3.05, 3.63) is 40.8 Å². The summed E-state index contributed by atoms with van der Waals surface area (Å²) in [4.78, 5) is 15.3. The molecule has 42 heavy (non-hydrogen) atoms. The van der Waals surface area contributed by atoms with Gasteiger partial charge in [-0.15, -0.1) is 11.8 Å². The number of carbonyl (C=O) groups excluding carboxylic acids is 1. The summed E-state index contributed by atoms with van der Waals surface area (Å²) in [6.07, 6.45) is -0.515. The summed E-state index contributed by atoms with van der Waals surface area (Å²) >= 11 is 1.54. The van der Waals surface area contributed by atoms with Gasteiger partial charge < -0.3 is 29.5 Å². The number of morpholine rings is 1. The minimum Gasteiger partial charge on any atom is -0.491 e. The number of hydrogen-bond acceptors (Lipinski definition) is 9. The number of thioether (sulfide) groups is 1. The molecule has 2 heterocycles. The second kappa shape index (κ2) is 15.8. The number of halogens is 3. The van der Waals surface area contributed by atoms with Crippen LogP contribution in [0.25, 0.3) is 0 Å². The smallest absolute Gasteiger partial charge is 0.416 e. The summed E-state index contributed by atoms with van der Waals surface area (Å²) in [6.45, 7) is 4.01. The topological polar surface area (TPSA) is 109 Å². The van der Waals surface area contributed by atoms with Crippen LogP contribution in [0.4, 0.5) is 13.2 Å². The standard InChI is InChI=1S/C30H42F3NO7S/c31-30(32,33)20-3-1-4-22(17-20)41-19-21(35)7-9-25-24(26(36)18-27(25)37)6-2-5-23-8-10-28(42-23)29(38)40-16-13-34-11-14-39-15-12-34/h1,3-4,10,17,21,23-27,35-37H,2,5-9,11-16,18-19H2/t21-,23?,24+,25-,26+,27-/m1/s1. The van der Waals surface area contributed by atoms with Crippen LogP contribution in [0.3, 0.4) is 0 Å². The molecule has 3 N–H and O–H groups in total. The summed E-state index contributed by atoms with van der Waals surface area (Å²) in [5.74, 6) is -0.544. The molecule has 0 amide bonds. The summed E-state index contributed by atoms with van der Waals surface area (Å²) < 4.78 is 54.9. The first-order valence-corrected chi connectivity index (χ1v) is 15.7. The van der Waals surface area contributed by atoms with Crippen LogP contribution >= 0.6 is 11.8 Å². The third-order valence-electron chi connectivity index (χ3n) is 8.33. The lowest BCUT2D eigenvalue weighted by molar-refractivity contribution is -0.139. The highest BCUT2D eigenvalue weighted by molar-refractivity contribution is 8.04. The Morgan fingerprint density at radius 2 is 1.86 bits per heavy atom. The number of rotatable bonds is 14. The van der Waals surface area contributed by atoms with Crippen LogP contribution in [0, 0.1) is 11.8 Å². The van der Waals surface area contributed by atoms with Crippen molar-refractivity contribution in [1.82, 2.24) is 4.90 Å². The van der Waals surface area contributed by atoms with Crippen LogP contribution in [0.1, 0.15) is 50.5 Å². The Kier molecular flexibility index (Phi) is 12.4. The molecule has 1 saturated carbocycles. The summed E-state index contributed by atoms with van der Waals surface area (Å²) in [5.41, 5.74) is -0.817. The van der Waals surface area contributed by atoms with E-state index in [1.807, 2.05) is 6.08 Å². The number of aliphatic hydroxyl groups excluding tert-OH is 3. The van der Waals surface area contributed by atoms with Crippen LogP contribution in [0.2, 0.25) is 0 Å². The van der Waals surface area contributed by atoms with Crippen molar-refractivity contribution >= 4 is 17.7 Å². The number of benzene rings is 1. The molecule has 0 aromatic heterocycles. The van der Waals surface area contributed by atoms with Gasteiger partial charge in [-0.2, -0.15) is 13.2 Å². The normalized spacial score (nSPS) is 27.6. The van der Waals surface area contributed by atoms with E-state index in [4.69, 9.17) is 14.2 Å². The van der Waals surface area contributed by atoms with Crippen molar-refractivity contribution in [2.24, 2.45) is 11.8 Å². The number of carbonyl (C=O) groups is 1. The molecule has 3 aliphatic rings. The van der Waals surface area contributed by atoms with E-state index in [0.717, 1.165) is 50.9 Å². The van der Waals surface area contributed by atoms with Crippen LogP contribution in [-0.4, -0.2) is 95.8 Å². The monoisotopic (exact) mass is 617 g/mol. The summed E-state index contributed by atoms with van der Waals surface area (Å²) in [5, 5.41) is 31.8. The van der Waals surface area contributed by atoms with E-state index >= 15 is 0 Å². The molecule has 4 rings (SSSR count). The van der Waals surface area contributed by atoms with E-state index < -0.39 is 30.1 Å². The molecule has 8 nitrogen and oxygen atoms in total. The zero-order chi connectivity index (χ0) is 30.1. The van der Waals surface area contributed by atoms with Gasteiger partial charge in [0, 0.05) is 24.9 Å². The second-order valence-electron chi connectivity index (χ2n) is 11.3. The van der Waals surface area contributed by atoms with Gasteiger partial charge in [-0.05, 0) is 68.6 Å². The highest BCUT2D eigenvalue weighted by Crippen LogP contribution is 2.41. The number of esters is 1. The lowest BCUT2D eigenvalue weighted by Gasteiger charge is -2.26. The molecule has 0 spiro atoms. The van der Waals surface area contributed by atoms with E-state index in [2.05, 4.69) is 4.90 Å². The molecule has 1 aromatic carbocycles. The average Bonchev–Trinajstić information content (AvgIpc) is 3.54.